The van der Waals surface area contributed by atoms with Crippen molar-refractivity contribution < 1.29 is 126 Å². The molecule has 1 aliphatic carbocycles. The van der Waals surface area contributed by atoms with Crippen LogP contribution in [0.2, 0.25) is 0 Å². The minimum Gasteiger partial charge on any atom is -0.481 e. The van der Waals surface area contributed by atoms with Crippen molar-refractivity contribution in [1.29, 1.82) is 0 Å². The number of hydrogen-bond acceptors (Lipinski definition) is 24. The summed E-state index contributed by atoms with van der Waals surface area (Å²) in [6.07, 6.45) is 2.42. The molecule has 13 atom stereocenters. The fraction of sp³-hybridized carbons (Fsp3) is 0.570. The van der Waals surface area contributed by atoms with E-state index in [2.05, 4.69) is 70.4 Å². The number of primary amides is 1. The number of H-pyrrole nitrogens is 1. The SMILES string of the molecule is CCCCCCCCCC(=O)N[C@@H](Cc1c[nH]c2ccccc12)C(=O)N[C@H](CC(N)=O)C(=O)N[C@@H](CC(=O)O)C(=O)N[C@@H]1C(=O)NCC(=O)N[C@@H](CCCN)C(=O)N[C@@H](CC(=O)O)C(=O)N[C@H](C)C(=O)N[C@@H](CC(=O)O)C(=O)NCC(=O)N[C@H](CO)C(=O)N[C@@H]([C@H](C)CC(=O)O)C(=O)N[C@@H](CC(=O)c2ccccc2NCC2CCCCC2)C(=O)O[C@@H]1C. The van der Waals surface area contributed by atoms with Crippen LogP contribution in [0.15, 0.2) is 54.7 Å². The number of aromatic nitrogens is 1. The minimum absolute atomic E-state index is 0.0152. The molecule has 1 aliphatic heterocycles. The first kappa shape index (κ1) is 99.9. The lowest BCUT2D eigenvalue weighted by Gasteiger charge is -2.30. The zero-order valence-electron chi connectivity index (χ0n) is 68.3. The van der Waals surface area contributed by atoms with Gasteiger partial charge >= 0.3 is 29.8 Å². The van der Waals surface area contributed by atoms with Crippen LogP contribution in [-0.2, 0) is 102 Å². The number of unbranched alkanes of at least 4 members (excludes halogenated alkanes) is 6. The van der Waals surface area contributed by atoms with Gasteiger partial charge in [-0.2, -0.15) is 0 Å². The Morgan fingerprint density at radius 2 is 1.11 bits per heavy atom. The molecule has 0 bridgehead atoms. The molecular weight excluding hydrogens is 1600 g/mol. The molecular formula is C79H113N17O26. The largest absolute Gasteiger partial charge is 0.481 e. The van der Waals surface area contributed by atoms with Gasteiger partial charge in [0, 0.05) is 54.2 Å². The molecule has 5 rings (SSSR count). The Morgan fingerprint density at radius 3 is 1.73 bits per heavy atom. The lowest BCUT2D eigenvalue weighted by Crippen LogP contribution is -2.62. The number of hydrogen-bond donors (Lipinski definition) is 22. The molecule has 122 heavy (non-hydrogen) atoms. The van der Waals surface area contributed by atoms with Crippen molar-refractivity contribution in [3.8, 4) is 0 Å². The van der Waals surface area contributed by atoms with E-state index in [1.807, 2.05) is 16.0 Å². The predicted molar refractivity (Wildman–Crippen MR) is 431 cm³/mol. The summed E-state index contributed by atoms with van der Waals surface area (Å²) in [6.45, 7) is 1.61. The number of para-hydroxylation sites is 2. The number of Topliss-reactive ketones (excluding diaryl/α,β-unsaturated/α-hetero) is 1. The number of aliphatic carboxylic acids is 4. The zero-order valence-corrected chi connectivity index (χ0v) is 68.3. The van der Waals surface area contributed by atoms with Crippen LogP contribution in [0, 0.1) is 11.8 Å². The summed E-state index contributed by atoms with van der Waals surface area (Å²) in [5.41, 5.74) is 12.7. The molecule has 2 aromatic carbocycles. The van der Waals surface area contributed by atoms with Crippen LogP contribution < -0.4 is 85.9 Å². The number of carboxylic acid groups (broad SMARTS) is 4. The van der Waals surface area contributed by atoms with Gasteiger partial charge in [-0.3, -0.25) is 91.1 Å². The molecule has 1 saturated carbocycles. The molecule has 3 aromatic rings. The highest BCUT2D eigenvalue weighted by Gasteiger charge is 2.41. The minimum atomic E-state index is -2.44. The first-order valence-electron chi connectivity index (χ1n) is 40.4. The summed E-state index contributed by atoms with van der Waals surface area (Å²) in [7, 11) is 0. The average Bonchev–Trinajstić information content (AvgIpc) is 1.78. The molecule has 14 amide bonds. The number of nitrogens with one attached hydrogen (secondary N) is 15. The van der Waals surface area contributed by atoms with Crippen molar-refractivity contribution in [1.82, 2.24) is 74.1 Å². The fourth-order valence-electron chi connectivity index (χ4n) is 13.5. The molecule has 1 aromatic heterocycles. The maximum absolute atomic E-state index is 15.2. The van der Waals surface area contributed by atoms with Gasteiger partial charge in [0.1, 0.15) is 72.6 Å². The lowest BCUT2D eigenvalue weighted by atomic mass is 9.89. The number of fused-ring (bicyclic) bond motifs is 1. The number of ketones is 1. The van der Waals surface area contributed by atoms with Crippen LogP contribution in [-0.4, -0.2) is 254 Å². The van der Waals surface area contributed by atoms with E-state index in [0.29, 0.717) is 35.9 Å². The molecule has 0 radical (unpaired) electrons. The average molecular weight is 1720 g/mol. The molecule has 2 aliphatic rings. The van der Waals surface area contributed by atoms with Crippen molar-refractivity contribution in [2.75, 3.05) is 38.1 Å². The van der Waals surface area contributed by atoms with E-state index in [1.54, 1.807) is 42.6 Å². The molecule has 0 unspecified atom stereocenters. The maximum atomic E-state index is 15.2. The van der Waals surface area contributed by atoms with Crippen molar-refractivity contribution >= 4 is 135 Å². The monoisotopic (exact) mass is 1720 g/mol. The second-order valence-electron chi connectivity index (χ2n) is 30.1. The number of amides is 14. The van der Waals surface area contributed by atoms with Crippen LogP contribution in [0.3, 0.4) is 0 Å². The third kappa shape index (κ3) is 34.2. The number of carbonyl (C=O) groups excluding carboxylic acids is 16. The van der Waals surface area contributed by atoms with E-state index in [0.717, 1.165) is 85.0 Å². The summed E-state index contributed by atoms with van der Waals surface area (Å²) >= 11 is 0. The first-order chi connectivity index (χ1) is 57.9. The molecule has 43 nitrogen and oxygen atoms in total. The molecule has 1 saturated heterocycles. The van der Waals surface area contributed by atoms with Crippen LogP contribution in [0.25, 0.3) is 10.9 Å². The summed E-state index contributed by atoms with van der Waals surface area (Å²) in [4.78, 5) is 279. The van der Waals surface area contributed by atoms with E-state index >= 15 is 4.79 Å². The number of carboxylic acids is 4. The molecule has 2 heterocycles. The maximum Gasteiger partial charge on any atom is 0.329 e. The highest BCUT2D eigenvalue weighted by Crippen LogP contribution is 2.27. The number of cyclic esters (lactones) is 1. The Morgan fingerprint density at radius 1 is 0.549 bits per heavy atom. The van der Waals surface area contributed by atoms with E-state index in [1.165, 1.54) is 12.1 Å². The van der Waals surface area contributed by atoms with Crippen molar-refractivity contribution in [3.63, 3.8) is 0 Å². The smallest absolute Gasteiger partial charge is 0.329 e. The quantitative estimate of drug-likeness (QED) is 0.0152. The number of aliphatic hydroxyl groups excluding tert-OH is 1. The Kier molecular flexibility index (Phi) is 41.8. The number of aromatic amines is 1. The van der Waals surface area contributed by atoms with Gasteiger partial charge in [-0.1, -0.05) is 102 Å². The van der Waals surface area contributed by atoms with Crippen LogP contribution in [0.1, 0.15) is 178 Å². The van der Waals surface area contributed by atoms with E-state index in [4.69, 9.17) is 16.2 Å². The first-order valence-corrected chi connectivity index (χ1v) is 40.4. The summed E-state index contributed by atoms with van der Waals surface area (Å²) in [5.74, 6) is -29.2. The van der Waals surface area contributed by atoms with Crippen LogP contribution in [0.4, 0.5) is 5.69 Å². The lowest BCUT2D eigenvalue weighted by molar-refractivity contribution is -0.156. The zero-order chi connectivity index (χ0) is 90.3. The van der Waals surface area contributed by atoms with Crippen molar-refractivity contribution in [2.24, 2.45) is 23.3 Å². The summed E-state index contributed by atoms with van der Waals surface area (Å²) in [6, 6.07) is -9.68. The highest BCUT2D eigenvalue weighted by atomic mass is 16.5. The number of anilines is 1. The Balaban J connectivity index is 1.63. The van der Waals surface area contributed by atoms with Gasteiger partial charge in [0.15, 0.2) is 5.78 Å². The van der Waals surface area contributed by atoms with Gasteiger partial charge in [0.05, 0.1) is 51.8 Å². The summed E-state index contributed by atoms with van der Waals surface area (Å²) < 4.78 is 5.82. The topological polar surface area (TPSA) is 688 Å². The molecule has 43 heteroatoms. The van der Waals surface area contributed by atoms with E-state index in [9.17, 15) is 117 Å². The van der Waals surface area contributed by atoms with Crippen molar-refractivity contribution in [2.45, 2.75) is 242 Å². The third-order valence-electron chi connectivity index (χ3n) is 20.1. The van der Waals surface area contributed by atoms with Gasteiger partial charge in [-0.05, 0) is 88.1 Å². The Bertz CT molecular complexity index is 4230. The van der Waals surface area contributed by atoms with E-state index in [-0.39, 0.29) is 49.4 Å². The number of carbonyl (C=O) groups is 20. The standard InChI is InChI=1S/C79H113N17O26/c1-5-6-7-8-9-10-14-27-60(100)88-51(30-45-37-83-48-24-17-15-22-46(45)48)73(115)91-52(32-59(81)99)74(116)93-55(35-66(109)110)75(117)96-68-43(4)122-79(121)56(31-58(98)47-23-16-18-25-49(47)82-36-44-20-12-11-13-21-44)94-78(120)67(41(2)29-63(103)104)95-76(118)57(40-97)89-62(102)38-84-70(112)53(33-64(105)106)90-69(111)42(3)86-72(114)54(34-65(107)108)92-71(113)50(26-19-28-80)87-61(101)39-85-77(68)119/h15-18,22-25,37,41-44,50-57,67-68,82-83,97H,5-14,19-21,26-36,38-40,80H2,1-4H3,(H2,81,99)(H,84,112)(H,85,119)(H,86,114)(H,87,101)(H,88,100)(H,89,102)(H,90,111)(H,91,115)(H,92,113)(H,93,116)(H,94,120)(H,95,118)(H,96,117)(H,103,104)(H,105,106)(H,107,108)(H,109,110)/t41-,42-,43-,50+,51+,52-,53+,54+,55+,56+,57-,67+,68+/m1/s1. The van der Waals surface area contributed by atoms with Crippen LogP contribution in [0.5, 0.6) is 0 Å². The normalized spacial score (nSPS) is 21.5. The second kappa shape index (κ2) is 51.0. The molecule has 0 spiro atoms. The van der Waals surface area contributed by atoms with Gasteiger partial charge in [0.25, 0.3) is 0 Å². The Hall–Kier alpha value is -12.7. The van der Waals surface area contributed by atoms with Gasteiger partial charge < -0.3 is 121 Å². The predicted octanol–water partition coefficient (Wildman–Crippen LogP) is -3.21. The molecule has 2 fully saturated rings. The third-order valence-corrected chi connectivity index (χ3v) is 20.1. The second-order valence-corrected chi connectivity index (χ2v) is 30.1. The van der Waals surface area contributed by atoms with Gasteiger partial charge in [0.2, 0.25) is 82.7 Å². The number of rotatable bonds is 38. The van der Waals surface area contributed by atoms with Crippen LogP contribution >= 0.6 is 0 Å². The fourth-order valence-corrected chi connectivity index (χ4v) is 13.5. The van der Waals surface area contributed by atoms with Gasteiger partial charge in [-0.25, -0.2) is 4.79 Å². The van der Waals surface area contributed by atoms with Crippen molar-refractivity contribution in [3.05, 3.63) is 65.9 Å². The van der Waals surface area contributed by atoms with Gasteiger partial charge in [-0.15, -0.1) is 0 Å². The highest BCUT2D eigenvalue weighted by molar-refractivity contribution is 6.05. The number of esters is 1. The van der Waals surface area contributed by atoms with E-state index < -0.39 is 255 Å². The summed E-state index contributed by atoms with van der Waals surface area (Å²) in [5, 5.41) is 82.8. The number of ether oxygens (including phenoxy) is 1. The molecule has 670 valence electrons. The number of aliphatic hydroxyl groups is 1. The number of benzene rings is 2. The number of nitrogens with two attached hydrogens (primary N) is 2. The Labute approximate surface area is 701 Å². The molecule has 24 N–H and O–H groups in total.